The second kappa shape index (κ2) is 8.24. The van der Waals surface area contributed by atoms with Gasteiger partial charge in [0.15, 0.2) is 5.58 Å². The van der Waals surface area contributed by atoms with Gasteiger partial charge >= 0.3 is 0 Å². The molecule has 3 heterocycles. The lowest BCUT2D eigenvalue weighted by Crippen LogP contribution is -2.34. The van der Waals surface area contributed by atoms with E-state index in [4.69, 9.17) is 4.52 Å². The highest BCUT2D eigenvalue weighted by Crippen LogP contribution is 2.34. The number of likely N-dealkylation sites (N-methyl/N-ethyl adjacent to an activating group) is 1. The van der Waals surface area contributed by atoms with Gasteiger partial charge in [0.25, 0.3) is 5.91 Å². The van der Waals surface area contributed by atoms with Crippen molar-refractivity contribution in [2.75, 3.05) is 33.2 Å². The molecule has 2 aromatic heterocycles. The Labute approximate surface area is 185 Å². The molecule has 2 aromatic carbocycles. The summed E-state index contributed by atoms with van der Waals surface area (Å²) in [6, 6.07) is 14.4. The fourth-order valence-electron chi connectivity index (χ4n) is 4.04. The van der Waals surface area contributed by atoms with Crippen LogP contribution in [-0.4, -0.2) is 59.1 Å². The molecule has 0 aliphatic carbocycles. The van der Waals surface area contributed by atoms with Gasteiger partial charge in [0.05, 0.1) is 11.6 Å². The van der Waals surface area contributed by atoms with E-state index < -0.39 is 0 Å². The van der Waals surface area contributed by atoms with Crippen LogP contribution in [0.15, 0.2) is 53.2 Å². The topological polar surface area (TPSA) is 62.5 Å². The van der Waals surface area contributed by atoms with Crippen molar-refractivity contribution in [2.45, 2.75) is 13.3 Å². The lowest BCUT2D eigenvalue weighted by atomic mass is 10.00. The molecule has 1 fully saturated rings. The number of benzene rings is 2. The predicted octanol–water partition coefficient (Wildman–Crippen LogP) is 4.70. The first kappa shape index (κ1) is 19.9. The molecule has 0 unspecified atom stereocenters. The molecule has 1 aliphatic heterocycles. The van der Waals surface area contributed by atoms with Crippen LogP contribution in [0.5, 0.6) is 0 Å². The number of aryl methyl sites for hydroxylation is 1. The highest BCUT2D eigenvalue weighted by molar-refractivity contribution is 7.17. The fraction of sp³-hybridized carbons (Fsp3) is 0.292. The Morgan fingerprint density at radius 1 is 1.10 bits per heavy atom. The Morgan fingerprint density at radius 3 is 2.84 bits per heavy atom. The van der Waals surface area contributed by atoms with Gasteiger partial charge in [0, 0.05) is 19.6 Å². The van der Waals surface area contributed by atoms with Crippen LogP contribution < -0.4 is 0 Å². The summed E-state index contributed by atoms with van der Waals surface area (Å²) < 4.78 is 5.64. The Bertz CT molecular complexity index is 1250. The van der Waals surface area contributed by atoms with Crippen LogP contribution in [0.25, 0.3) is 32.8 Å². The number of nitrogens with zero attached hydrogens (tertiary/aromatic N) is 4. The molecule has 6 nitrogen and oxygen atoms in total. The van der Waals surface area contributed by atoms with Crippen molar-refractivity contribution in [1.29, 1.82) is 0 Å². The van der Waals surface area contributed by atoms with Crippen molar-refractivity contribution in [3.63, 3.8) is 0 Å². The molecule has 31 heavy (non-hydrogen) atoms. The molecule has 0 bridgehead atoms. The Balaban J connectivity index is 1.42. The molecule has 0 spiro atoms. The van der Waals surface area contributed by atoms with E-state index in [2.05, 4.69) is 47.2 Å². The van der Waals surface area contributed by atoms with Crippen molar-refractivity contribution >= 4 is 28.2 Å². The maximum atomic E-state index is 13.0. The van der Waals surface area contributed by atoms with Gasteiger partial charge in [-0.25, -0.2) is 4.98 Å². The van der Waals surface area contributed by atoms with E-state index in [-0.39, 0.29) is 5.91 Å². The van der Waals surface area contributed by atoms with Gasteiger partial charge in [-0.3, -0.25) is 4.79 Å². The minimum absolute atomic E-state index is 0.0497. The number of carbonyl (C=O) groups is 1. The summed E-state index contributed by atoms with van der Waals surface area (Å²) >= 11 is 1.38. The maximum absolute atomic E-state index is 13.0. The molecule has 0 radical (unpaired) electrons. The van der Waals surface area contributed by atoms with Gasteiger partial charge in [0.2, 0.25) is 0 Å². The first-order chi connectivity index (χ1) is 15.1. The largest absolute Gasteiger partial charge is 0.356 e. The molecule has 158 valence electrons. The van der Waals surface area contributed by atoms with Crippen molar-refractivity contribution in [3.8, 4) is 21.8 Å². The molecule has 1 saturated heterocycles. The van der Waals surface area contributed by atoms with Crippen LogP contribution in [0.1, 0.15) is 21.7 Å². The minimum Gasteiger partial charge on any atom is -0.356 e. The predicted molar refractivity (Wildman–Crippen MR) is 123 cm³/mol. The van der Waals surface area contributed by atoms with Crippen molar-refractivity contribution in [3.05, 3.63) is 59.1 Å². The van der Waals surface area contributed by atoms with E-state index in [9.17, 15) is 4.79 Å². The average Bonchev–Trinajstić information content (AvgIpc) is 3.37. The average molecular weight is 433 g/mol. The van der Waals surface area contributed by atoms with Crippen LogP contribution >= 0.6 is 11.3 Å². The number of hydrogen-bond donors (Lipinski definition) is 0. The second-order valence-corrected chi connectivity index (χ2v) is 9.07. The molecule has 1 amide bonds. The molecular formula is C24H24N4O2S. The number of hydrogen-bond acceptors (Lipinski definition) is 6. The monoisotopic (exact) mass is 432 g/mol. The maximum Gasteiger partial charge on any atom is 0.265 e. The zero-order chi connectivity index (χ0) is 21.4. The lowest BCUT2D eigenvalue weighted by Gasteiger charge is -2.19. The van der Waals surface area contributed by atoms with Crippen LogP contribution in [0.3, 0.4) is 0 Å². The van der Waals surface area contributed by atoms with E-state index in [0.29, 0.717) is 15.6 Å². The van der Waals surface area contributed by atoms with Gasteiger partial charge in [-0.15, -0.1) is 11.3 Å². The molecule has 0 saturated carbocycles. The fourth-order valence-corrected chi connectivity index (χ4v) is 4.92. The second-order valence-electron chi connectivity index (χ2n) is 8.04. The summed E-state index contributed by atoms with van der Waals surface area (Å²) in [6.07, 6.45) is 2.66. The number of rotatable bonds is 3. The SMILES string of the molecule is Cc1ccccc1-c1ccc2c(-c3ncc(C(=O)N4CCCN(C)CC4)s3)noc2c1. The summed E-state index contributed by atoms with van der Waals surface area (Å²) in [6.45, 7) is 5.55. The standard InChI is InChI=1S/C24H24N4O2S/c1-16-6-3-4-7-18(16)17-8-9-19-20(14-17)30-26-22(19)23-25-15-21(31-23)24(29)28-11-5-10-27(2)12-13-28/h3-4,6-9,14-15H,5,10-13H2,1-2H3. The van der Waals surface area contributed by atoms with Gasteiger partial charge in [-0.05, 0) is 55.8 Å². The third-order valence-corrected chi connectivity index (χ3v) is 6.85. The molecule has 0 N–H and O–H groups in total. The van der Waals surface area contributed by atoms with Crippen LogP contribution in [0.4, 0.5) is 0 Å². The van der Waals surface area contributed by atoms with E-state index >= 15 is 0 Å². The van der Waals surface area contributed by atoms with E-state index in [1.807, 2.05) is 29.2 Å². The van der Waals surface area contributed by atoms with Crippen molar-refractivity contribution in [1.82, 2.24) is 19.9 Å². The molecular weight excluding hydrogens is 408 g/mol. The summed E-state index contributed by atoms with van der Waals surface area (Å²) in [4.78, 5) is 22.3. The van der Waals surface area contributed by atoms with E-state index in [1.54, 1.807) is 6.20 Å². The van der Waals surface area contributed by atoms with Gasteiger partial charge < -0.3 is 14.3 Å². The zero-order valence-corrected chi connectivity index (χ0v) is 18.5. The lowest BCUT2D eigenvalue weighted by molar-refractivity contribution is 0.0767. The third-order valence-electron chi connectivity index (χ3n) is 5.85. The van der Waals surface area contributed by atoms with Crippen LogP contribution in [-0.2, 0) is 0 Å². The van der Waals surface area contributed by atoms with Gasteiger partial charge in [0.1, 0.15) is 15.6 Å². The van der Waals surface area contributed by atoms with Crippen LogP contribution in [0.2, 0.25) is 0 Å². The molecule has 5 rings (SSSR count). The smallest absolute Gasteiger partial charge is 0.265 e. The normalized spacial score (nSPS) is 15.4. The molecule has 7 heteroatoms. The van der Waals surface area contributed by atoms with E-state index in [1.165, 1.54) is 22.5 Å². The first-order valence-electron chi connectivity index (χ1n) is 10.5. The number of amides is 1. The Kier molecular flexibility index (Phi) is 5.29. The van der Waals surface area contributed by atoms with Crippen molar-refractivity contribution < 1.29 is 9.32 Å². The zero-order valence-electron chi connectivity index (χ0n) is 17.7. The van der Waals surface area contributed by atoms with E-state index in [0.717, 1.165) is 49.1 Å². The van der Waals surface area contributed by atoms with Crippen LogP contribution in [0, 0.1) is 6.92 Å². The highest BCUT2D eigenvalue weighted by atomic mass is 32.1. The number of aromatic nitrogens is 2. The number of carbonyl (C=O) groups excluding carboxylic acids is 1. The molecule has 0 atom stereocenters. The first-order valence-corrected chi connectivity index (χ1v) is 11.3. The number of thiazole rings is 1. The summed E-state index contributed by atoms with van der Waals surface area (Å²) in [7, 11) is 2.10. The summed E-state index contributed by atoms with van der Waals surface area (Å²) in [5.41, 5.74) is 4.88. The molecule has 1 aliphatic rings. The Morgan fingerprint density at radius 2 is 1.97 bits per heavy atom. The quantitative estimate of drug-likeness (QED) is 0.469. The summed E-state index contributed by atoms with van der Waals surface area (Å²) in [5, 5.41) is 5.89. The summed E-state index contributed by atoms with van der Waals surface area (Å²) in [5.74, 6) is 0.0497. The minimum atomic E-state index is 0.0497. The van der Waals surface area contributed by atoms with Crippen molar-refractivity contribution in [2.24, 2.45) is 0 Å². The third kappa shape index (κ3) is 3.86. The van der Waals surface area contributed by atoms with Gasteiger partial charge in [-0.2, -0.15) is 0 Å². The molecule has 4 aromatic rings. The highest BCUT2D eigenvalue weighted by Gasteiger charge is 2.23. The van der Waals surface area contributed by atoms with Gasteiger partial charge in [-0.1, -0.05) is 35.5 Å². The Hall–Kier alpha value is -3.03. The number of fused-ring (bicyclic) bond motifs is 1.